The monoisotopic (exact) mass is 442 g/mol. The molecule has 3 nitrogen and oxygen atoms in total. The molecule has 0 saturated carbocycles. The van der Waals surface area contributed by atoms with Crippen molar-refractivity contribution in [2.24, 2.45) is 0 Å². The van der Waals surface area contributed by atoms with Gasteiger partial charge in [0.15, 0.2) is 0 Å². The first kappa shape index (κ1) is 24.5. The molecule has 0 aromatic carbocycles. The van der Waals surface area contributed by atoms with Gasteiger partial charge in [0.1, 0.15) is 19.6 Å². The minimum Gasteiger partial charge on any atom is -0.273 e. The van der Waals surface area contributed by atoms with Gasteiger partial charge in [-0.3, -0.25) is 4.57 Å². The highest BCUT2D eigenvalue weighted by atomic mass is 31.2. The second-order valence-corrected chi connectivity index (χ2v) is 8.74. The highest BCUT2D eigenvalue weighted by Crippen LogP contribution is 2.78. The van der Waals surface area contributed by atoms with Crippen LogP contribution in [0.2, 0.25) is 0 Å². The fourth-order valence-corrected chi connectivity index (χ4v) is 4.70. The summed E-state index contributed by atoms with van der Waals surface area (Å²) in [5.74, 6) is 0. The quantitative estimate of drug-likeness (QED) is 0.263. The highest BCUT2D eigenvalue weighted by Gasteiger charge is 2.87. The first-order valence-electron chi connectivity index (χ1n) is 8.04. The molecular formula is C13H19F10NO2P+. The maximum absolute atomic E-state index is 13.7. The van der Waals surface area contributed by atoms with Crippen LogP contribution < -0.4 is 0 Å². The van der Waals surface area contributed by atoms with Gasteiger partial charge in [0.2, 0.25) is 0 Å². The molecule has 0 spiro atoms. The van der Waals surface area contributed by atoms with Crippen molar-refractivity contribution in [2.45, 2.75) is 62.7 Å². The Morgan fingerprint density at radius 1 is 0.815 bits per heavy atom. The fraction of sp³-hybridized carbons (Fsp3) is 1.00. The lowest BCUT2D eigenvalue weighted by molar-refractivity contribution is -1.08. The Labute approximate surface area is 148 Å². The highest BCUT2D eigenvalue weighted by molar-refractivity contribution is 7.61. The summed E-state index contributed by atoms with van der Waals surface area (Å²) < 4.78 is 146. The van der Waals surface area contributed by atoms with Gasteiger partial charge in [0.25, 0.3) is 0 Å². The van der Waals surface area contributed by atoms with Crippen LogP contribution in [0.15, 0.2) is 0 Å². The SMILES string of the molecule is CCCC[N+]1(OP(=O)(C(F)(F)C(F)(F)F)C(F)(F)C(F)(F)F)CCCCC1. The largest absolute Gasteiger partial charge is 0.464 e. The van der Waals surface area contributed by atoms with Crippen LogP contribution in [0.4, 0.5) is 43.9 Å². The van der Waals surface area contributed by atoms with E-state index in [1.54, 1.807) is 6.92 Å². The Hall–Kier alpha value is -0.550. The summed E-state index contributed by atoms with van der Waals surface area (Å²) in [4.78, 5) is 0. The molecule has 0 aliphatic carbocycles. The number of hydrogen-bond acceptors (Lipinski definition) is 2. The molecule has 1 heterocycles. The third-order valence-electron chi connectivity index (χ3n) is 4.26. The zero-order valence-electron chi connectivity index (χ0n) is 14.1. The molecular weight excluding hydrogens is 423 g/mol. The van der Waals surface area contributed by atoms with Crippen molar-refractivity contribution in [2.75, 3.05) is 19.6 Å². The molecule has 14 heteroatoms. The van der Waals surface area contributed by atoms with Gasteiger partial charge in [0, 0.05) is 0 Å². The number of piperidine rings is 1. The number of alkyl halides is 10. The van der Waals surface area contributed by atoms with Crippen LogP contribution in [0.5, 0.6) is 0 Å². The van der Waals surface area contributed by atoms with E-state index in [2.05, 4.69) is 4.62 Å². The van der Waals surface area contributed by atoms with Crippen LogP contribution in [0.3, 0.4) is 0 Å². The Balaban J connectivity index is 3.56. The molecule has 162 valence electrons. The summed E-state index contributed by atoms with van der Waals surface area (Å²) in [5.41, 5.74) is -13.8. The smallest absolute Gasteiger partial charge is 0.273 e. The number of nitrogens with zero attached hydrogens (tertiary/aromatic N) is 1. The van der Waals surface area contributed by atoms with Crippen molar-refractivity contribution in [3.8, 4) is 0 Å². The molecule has 0 unspecified atom stereocenters. The van der Waals surface area contributed by atoms with Gasteiger partial charge < -0.3 is 0 Å². The molecule has 0 aromatic heterocycles. The van der Waals surface area contributed by atoms with Crippen LogP contribution in [0.1, 0.15) is 39.0 Å². The third kappa shape index (κ3) is 4.39. The Morgan fingerprint density at radius 2 is 1.22 bits per heavy atom. The number of quaternary nitrogens is 1. The van der Waals surface area contributed by atoms with Crippen molar-refractivity contribution >= 4 is 7.37 Å². The van der Waals surface area contributed by atoms with Crippen LogP contribution >= 0.6 is 7.37 Å². The van der Waals surface area contributed by atoms with Crippen LogP contribution in [0, 0.1) is 0 Å². The fourth-order valence-electron chi connectivity index (χ4n) is 2.74. The predicted molar refractivity (Wildman–Crippen MR) is 74.3 cm³/mol. The van der Waals surface area contributed by atoms with E-state index in [1.165, 1.54) is 0 Å². The van der Waals surface area contributed by atoms with Crippen molar-refractivity contribution in [3.05, 3.63) is 0 Å². The lowest BCUT2D eigenvalue weighted by Gasteiger charge is -2.43. The van der Waals surface area contributed by atoms with Gasteiger partial charge in [-0.1, -0.05) is 13.3 Å². The second kappa shape index (κ2) is 7.70. The van der Waals surface area contributed by atoms with E-state index in [0.717, 1.165) is 0 Å². The maximum Gasteiger partial charge on any atom is 0.464 e. The van der Waals surface area contributed by atoms with Gasteiger partial charge in [-0.2, -0.15) is 48.6 Å². The van der Waals surface area contributed by atoms with Crippen LogP contribution in [-0.2, 0) is 9.19 Å². The molecule has 0 bridgehead atoms. The minimum atomic E-state index is -7.99. The molecule has 0 radical (unpaired) electrons. The lowest BCUT2D eigenvalue weighted by atomic mass is 10.1. The summed E-state index contributed by atoms with van der Waals surface area (Å²) in [6.07, 6.45) is -12.7. The molecule has 1 fully saturated rings. The van der Waals surface area contributed by atoms with E-state index < -0.39 is 55.3 Å². The molecule has 1 aliphatic heterocycles. The van der Waals surface area contributed by atoms with Gasteiger partial charge in [-0.25, -0.2) is 0 Å². The number of hydroxylamine groups is 3. The standard InChI is InChI=1S/C13H19F10NO2P/c1-2-3-7-24(8-5-4-6-9-24)26-27(25,12(20,21)10(14,15)16)13(22,23)11(17,18)19/h2-9H2,1H3/q+1. The van der Waals surface area contributed by atoms with Gasteiger partial charge in [-0.15, -0.1) is 4.62 Å². The van der Waals surface area contributed by atoms with Crippen molar-refractivity contribution in [1.29, 1.82) is 0 Å². The average molecular weight is 442 g/mol. The number of hydrogen-bond donors (Lipinski definition) is 0. The number of unbranched alkanes of at least 4 members (excludes halogenated alkanes) is 1. The Kier molecular flexibility index (Phi) is 6.98. The summed E-state index contributed by atoms with van der Waals surface area (Å²) in [5, 5.41) is 0. The predicted octanol–water partition coefficient (Wildman–Crippen LogP) is 6.31. The average Bonchev–Trinajstić information content (AvgIpc) is 2.51. The van der Waals surface area contributed by atoms with Crippen LogP contribution in [0.25, 0.3) is 0 Å². The van der Waals surface area contributed by atoms with E-state index in [9.17, 15) is 48.5 Å². The van der Waals surface area contributed by atoms with E-state index in [4.69, 9.17) is 0 Å². The summed E-state index contributed by atoms with van der Waals surface area (Å²) in [6.45, 7) is 0.370. The molecule has 0 N–H and O–H groups in total. The van der Waals surface area contributed by atoms with Crippen molar-refractivity contribution in [1.82, 2.24) is 0 Å². The molecule has 1 rings (SSSR count). The Bertz CT molecular complexity index is 524. The van der Waals surface area contributed by atoms with Gasteiger partial charge in [0.05, 0.1) is 0 Å². The zero-order valence-corrected chi connectivity index (χ0v) is 15.0. The Morgan fingerprint density at radius 3 is 1.56 bits per heavy atom. The lowest BCUT2D eigenvalue weighted by Crippen LogP contribution is -2.56. The van der Waals surface area contributed by atoms with Gasteiger partial charge >= 0.3 is 31.0 Å². The molecule has 27 heavy (non-hydrogen) atoms. The van der Waals surface area contributed by atoms with Crippen molar-refractivity contribution < 1.29 is 57.7 Å². The van der Waals surface area contributed by atoms with E-state index in [1.807, 2.05) is 0 Å². The molecule has 1 saturated heterocycles. The zero-order chi connectivity index (χ0) is 21.4. The van der Waals surface area contributed by atoms with E-state index in [-0.39, 0.29) is 19.3 Å². The molecule has 1 aliphatic rings. The second-order valence-electron chi connectivity index (χ2n) is 6.35. The van der Waals surface area contributed by atoms with E-state index >= 15 is 0 Å². The van der Waals surface area contributed by atoms with Crippen molar-refractivity contribution in [3.63, 3.8) is 0 Å². The summed E-state index contributed by atoms with van der Waals surface area (Å²) in [6, 6.07) is 0. The number of halogens is 10. The minimum absolute atomic E-state index is 0.0786. The summed E-state index contributed by atoms with van der Waals surface area (Å²) >= 11 is 0. The topological polar surface area (TPSA) is 26.3 Å². The molecule has 0 amide bonds. The van der Waals surface area contributed by atoms with Gasteiger partial charge in [-0.05, 0) is 25.7 Å². The van der Waals surface area contributed by atoms with Crippen LogP contribution in [-0.4, -0.2) is 48.0 Å². The number of rotatable bonds is 7. The maximum atomic E-state index is 13.7. The third-order valence-corrected chi connectivity index (χ3v) is 6.82. The first-order chi connectivity index (χ1) is 12.0. The summed E-state index contributed by atoms with van der Waals surface area (Å²) in [7, 11) is -7.99. The normalized spacial score (nSPS) is 20.0. The van der Waals surface area contributed by atoms with E-state index in [0.29, 0.717) is 12.8 Å². The molecule has 0 aromatic rings. The first-order valence-corrected chi connectivity index (χ1v) is 9.67. The number of likely N-dealkylation sites (tertiary alicyclic amines) is 1. The molecule has 0 atom stereocenters.